The maximum atomic E-state index is 6.66. The second-order valence-electron chi connectivity index (χ2n) is 9.42. The molecule has 0 saturated carbocycles. The van der Waals surface area contributed by atoms with Gasteiger partial charge in [0.15, 0.2) is 8.32 Å². The van der Waals surface area contributed by atoms with Crippen LogP contribution in [0.15, 0.2) is 22.7 Å². The number of hydrogen-bond donors (Lipinski definition) is 0. The van der Waals surface area contributed by atoms with E-state index in [4.69, 9.17) is 4.43 Å². The van der Waals surface area contributed by atoms with Crippen molar-refractivity contribution in [3.8, 4) is 0 Å². The van der Waals surface area contributed by atoms with Gasteiger partial charge in [0.1, 0.15) is 0 Å². The maximum Gasteiger partial charge on any atom is 0.192 e. The van der Waals surface area contributed by atoms with Crippen molar-refractivity contribution < 1.29 is 4.43 Å². The molecule has 1 heterocycles. The predicted molar refractivity (Wildman–Crippen MR) is 113 cm³/mol. The van der Waals surface area contributed by atoms with E-state index in [-0.39, 0.29) is 0 Å². The Morgan fingerprint density at radius 1 is 1.08 bits per heavy atom. The fourth-order valence-corrected chi connectivity index (χ4v) is 5.80. The monoisotopic (exact) mass is 423 g/mol. The molecule has 1 aliphatic carbocycles. The lowest BCUT2D eigenvalue weighted by atomic mass is 9.86. The highest BCUT2D eigenvalue weighted by Crippen LogP contribution is 2.38. The fraction of sp³-hybridized carbons (Fsp3) is 0.714. The first kappa shape index (κ1) is 19.6. The van der Waals surface area contributed by atoms with Gasteiger partial charge in [0.25, 0.3) is 0 Å². The minimum absolute atomic E-state index is 0.311. The molecule has 1 aliphatic heterocycles. The van der Waals surface area contributed by atoms with Crippen molar-refractivity contribution in [3.05, 3.63) is 33.8 Å². The number of rotatable bonds is 3. The Morgan fingerprint density at radius 2 is 1.76 bits per heavy atom. The summed E-state index contributed by atoms with van der Waals surface area (Å²) in [5.41, 5.74) is 3.10. The van der Waals surface area contributed by atoms with Crippen molar-refractivity contribution in [2.75, 3.05) is 13.1 Å². The van der Waals surface area contributed by atoms with Crippen LogP contribution >= 0.6 is 15.9 Å². The number of hydrogen-bond acceptors (Lipinski definition) is 2. The first-order valence-electron chi connectivity index (χ1n) is 9.85. The second kappa shape index (κ2) is 7.45. The topological polar surface area (TPSA) is 12.5 Å². The molecule has 1 aromatic rings. The van der Waals surface area contributed by atoms with E-state index in [1.54, 1.807) is 11.1 Å². The Hall–Kier alpha value is -0.163. The average molecular weight is 424 g/mol. The van der Waals surface area contributed by atoms with Gasteiger partial charge in [-0.15, -0.1) is 0 Å². The molecule has 1 unspecified atom stereocenters. The number of halogens is 1. The highest BCUT2D eigenvalue weighted by atomic mass is 79.9. The Balaban J connectivity index is 1.54. The van der Waals surface area contributed by atoms with Crippen LogP contribution in [-0.4, -0.2) is 38.5 Å². The lowest BCUT2D eigenvalue weighted by molar-refractivity contribution is 0.0630. The standard InChI is InChI=1S/C21H34BrNOSi/c1-21(2,3)25(4,5)24-20-10-12-23(13-11-20)19-9-7-16-14-18(22)8-6-17(16)15-19/h6,8,14,19-20H,7,9-13,15H2,1-5H3. The lowest BCUT2D eigenvalue weighted by Crippen LogP contribution is -2.49. The van der Waals surface area contributed by atoms with Gasteiger partial charge in [-0.25, -0.2) is 0 Å². The molecule has 0 N–H and O–H groups in total. The number of aryl methyl sites for hydroxylation is 1. The molecule has 25 heavy (non-hydrogen) atoms. The number of piperidine rings is 1. The lowest BCUT2D eigenvalue weighted by Gasteiger charge is -2.44. The van der Waals surface area contributed by atoms with Crippen molar-refractivity contribution in [1.29, 1.82) is 0 Å². The summed E-state index contributed by atoms with van der Waals surface area (Å²) in [6.45, 7) is 14.2. The van der Waals surface area contributed by atoms with Gasteiger partial charge in [-0.1, -0.05) is 42.8 Å². The molecule has 140 valence electrons. The van der Waals surface area contributed by atoms with Crippen molar-refractivity contribution in [3.63, 3.8) is 0 Å². The molecular formula is C21H34BrNOSi. The number of benzene rings is 1. The van der Waals surface area contributed by atoms with Crippen molar-refractivity contribution >= 4 is 24.2 Å². The van der Waals surface area contributed by atoms with Crippen LogP contribution in [0.1, 0.15) is 51.2 Å². The molecule has 0 spiro atoms. The summed E-state index contributed by atoms with van der Waals surface area (Å²) in [5.74, 6) is 0. The molecular weight excluding hydrogens is 390 g/mol. The first-order chi connectivity index (χ1) is 11.7. The van der Waals surface area contributed by atoms with Crippen LogP contribution in [0.4, 0.5) is 0 Å². The molecule has 3 rings (SSSR count). The van der Waals surface area contributed by atoms with Gasteiger partial charge < -0.3 is 4.43 Å². The zero-order valence-corrected chi connectivity index (χ0v) is 19.2. The summed E-state index contributed by atoms with van der Waals surface area (Å²) in [6, 6.07) is 7.55. The van der Waals surface area contributed by atoms with Crippen molar-refractivity contribution in [2.24, 2.45) is 0 Å². The summed E-state index contributed by atoms with van der Waals surface area (Å²) in [5, 5.41) is 0.311. The van der Waals surface area contributed by atoms with E-state index in [1.807, 2.05) is 0 Å². The van der Waals surface area contributed by atoms with E-state index in [9.17, 15) is 0 Å². The largest absolute Gasteiger partial charge is 0.414 e. The van der Waals surface area contributed by atoms with Gasteiger partial charge in [0.2, 0.25) is 0 Å². The summed E-state index contributed by atoms with van der Waals surface area (Å²) in [4.78, 5) is 2.73. The van der Waals surface area contributed by atoms with Crippen LogP contribution in [0.3, 0.4) is 0 Å². The van der Waals surface area contributed by atoms with Crippen LogP contribution in [0.2, 0.25) is 18.1 Å². The molecule has 0 amide bonds. The van der Waals surface area contributed by atoms with E-state index < -0.39 is 8.32 Å². The van der Waals surface area contributed by atoms with Gasteiger partial charge >= 0.3 is 0 Å². The average Bonchev–Trinajstić information content (AvgIpc) is 2.53. The molecule has 1 fully saturated rings. The van der Waals surface area contributed by atoms with Crippen LogP contribution in [0.5, 0.6) is 0 Å². The zero-order valence-electron chi connectivity index (χ0n) is 16.6. The van der Waals surface area contributed by atoms with Crippen LogP contribution in [0, 0.1) is 0 Å². The minimum atomic E-state index is -1.63. The third-order valence-electron chi connectivity index (χ3n) is 6.63. The van der Waals surface area contributed by atoms with E-state index in [2.05, 4.69) is 72.9 Å². The van der Waals surface area contributed by atoms with Crippen LogP contribution < -0.4 is 0 Å². The highest BCUT2D eigenvalue weighted by molar-refractivity contribution is 9.10. The number of nitrogens with zero attached hydrogens (tertiary/aromatic N) is 1. The van der Waals surface area contributed by atoms with Crippen molar-refractivity contribution in [2.45, 2.75) is 83.2 Å². The van der Waals surface area contributed by atoms with Gasteiger partial charge in [0, 0.05) is 29.7 Å². The zero-order chi connectivity index (χ0) is 18.2. The summed E-state index contributed by atoms with van der Waals surface area (Å²) in [6.07, 6.45) is 6.63. The molecule has 1 saturated heterocycles. The van der Waals surface area contributed by atoms with E-state index in [0.717, 1.165) is 6.04 Å². The van der Waals surface area contributed by atoms with E-state index in [1.165, 1.54) is 49.7 Å². The Labute approximate surface area is 163 Å². The van der Waals surface area contributed by atoms with Gasteiger partial charge in [-0.3, -0.25) is 4.90 Å². The third-order valence-corrected chi connectivity index (χ3v) is 11.7. The SMILES string of the molecule is CC(C)(C)[Si](C)(C)OC1CCN(C2CCc3cc(Br)ccc3C2)CC1. The fourth-order valence-electron chi connectivity index (χ4n) is 3.97. The maximum absolute atomic E-state index is 6.66. The smallest absolute Gasteiger partial charge is 0.192 e. The molecule has 2 aliphatic rings. The van der Waals surface area contributed by atoms with Crippen LogP contribution in [0.25, 0.3) is 0 Å². The molecule has 1 aromatic carbocycles. The number of fused-ring (bicyclic) bond motifs is 1. The molecule has 0 radical (unpaired) electrons. The first-order valence-corrected chi connectivity index (χ1v) is 13.5. The molecule has 0 aromatic heterocycles. The Kier molecular flexibility index (Phi) is 5.84. The molecule has 2 nitrogen and oxygen atoms in total. The highest BCUT2D eigenvalue weighted by Gasteiger charge is 2.40. The van der Waals surface area contributed by atoms with Gasteiger partial charge in [0.05, 0.1) is 0 Å². The molecule has 4 heteroatoms. The van der Waals surface area contributed by atoms with E-state index >= 15 is 0 Å². The van der Waals surface area contributed by atoms with E-state index in [0.29, 0.717) is 11.1 Å². The van der Waals surface area contributed by atoms with Gasteiger partial charge in [-0.05, 0) is 73.5 Å². The molecule has 0 bridgehead atoms. The second-order valence-corrected chi connectivity index (χ2v) is 15.1. The minimum Gasteiger partial charge on any atom is -0.414 e. The third kappa shape index (κ3) is 4.58. The molecule has 1 atom stereocenters. The summed E-state index contributed by atoms with van der Waals surface area (Å²) < 4.78 is 7.87. The normalized spacial score (nSPS) is 23.5. The summed E-state index contributed by atoms with van der Waals surface area (Å²) >= 11 is 3.61. The number of likely N-dealkylation sites (tertiary alicyclic amines) is 1. The van der Waals surface area contributed by atoms with Gasteiger partial charge in [-0.2, -0.15) is 0 Å². The quantitative estimate of drug-likeness (QED) is 0.569. The van der Waals surface area contributed by atoms with Crippen molar-refractivity contribution in [1.82, 2.24) is 4.90 Å². The summed E-state index contributed by atoms with van der Waals surface area (Å²) in [7, 11) is -1.63. The predicted octanol–water partition coefficient (Wildman–Crippen LogP) is 5.79. The van der Waals surface area contributed by atoms with Crippen LogP contribution in [-0.2, 0) is 17.3 Å². The Morgan fingerprint density at radius 3 is 2.40 bits per heavy atom. The Bertz CT molecular complexity index is 602.